The number of nitrogens with one attached hydrogen (secondary N) is 1. The van der Waals surface area contributed by atoms with Crippen molar-refractivity contribution in [3.05, 3.63) is 51.8 Å². The molecule has 0 saturated carbocycles. The predicted molar refractivity (Wildman–Crippen MR) is 88.8 cm³/mol. The summed E-state index contributed by atoms with van der Waals surface area (Å²) < 4.78 is 45.9. The number of rotatable bonds is 4. The first kappa shape index (κ1) is 18.4. The van der Waals surface area contributed by atoms with Crippen LogP contribution in [-0.4, -0.2) is 28.8 Å². The number of fused-ring (bicyclic) bond motifs is 1. The van der Waals surface area contributed by atoms with Crippen molar-refractivity contribution in [3.8, 4) is 0 Å². The molecule has 1 aromatic carbocycles. The van der Waals surface area contributed by atoms with Crippen molar-refractivity contribution >= 4 is 5.91 Å². The number of hydrogen-bond acceptors (Lipinski definition) is 3. The molecular weight excluding hydrogens is 347 g/mol. The number of aryl methyl sites for hydroxylation is 2. The molecule has 0 saturated heterocycles. The van der Waals surface area contributed by atoms with Gasteiger partial charge in [0.2, 0.25) is 0 Å². The van der Waals surface area contributed by atoms with Crippen LogP contribution in [-0.2, 0) is 30.5 Å². The van der Waals surface area contributed by atoms with Crippen LogP contribution in [0.4, 0.5) is 13.2 Å². The van der Waals surface area contributed by atoms with Crippen LogP contribution in [0.2, 0.25) is 0 Å². The Labute approximate surface area is 149 Å². The lowest BCUT2D eigenvalue weighted by molar-refractivity contribution is -0.142. The van der Waals surface area contributed by atoms with Crippen LogP contribution >= 0.6 is 0 Å². The van der Waals surface area contributed by atoms with E-state index in [1.807, 2.05) is 19.9 Å². The fourth-order valence-electron chi connectivity index (χ4n) is 2.98. The first-order chi connectivity index (χ1) is 12.3. The third-order valence-corrected chi connectivity index (χ3v) is 4.54. The molecule has 8 heteroatoms. The van der Waals surface area contributed by atoms with Crippen molar-refractivity contribution < 1.29 is 22.7 Å². The number of alkyl halides is 3. The van der Waals surface area contributed by atoms with Gasteiger partial charge in [0.25, 0.3) is 5.91 Å². The third kappa shape index (κ3) is 3.75. The normalized spacial score (nSPS) is 14.2. The molecule has 26 heavy (non-hydrogen) atoms. The van der Waals surface area contributed by atoms with Gasteiger partial charge >= 0.3 is 6.18 Å². The van der Waals surface area contributed by atoms with Crippen LogP contribution in [0.3, 0.4) is 0 Å². The summed E-state index contributed by atoms with van der Waals surface area (Å²) in [5.74, 6) is -0.256. The van der Waals surface area contributed by atoms with E-state index in [0.29, 0.717) is 24.3 Å². The molecular formula is C18H20F3N3O2. The first-order valence-corrected chi connectivity index (χ1v) is 8.36. The quantitative estimate of drug-likeness (QED) is 0.904. The summed E-state index contributed by atoms with van der Waals surface area (Å²) in [6.07, 6.45) is -4.14. The molecule has 1 aromatic heterocycles. The number of nitrogens with zero attached hydrogens (tertiary/aromatic N) is 2. The van der Waals surface area contributed by atoms with Gasteiger partial charge in [-0.25, -0.2) is 0 Å². The second-order valence-corrected chi connectivity index (χ2v) is 6.35. The Hall–Kier alpha value is -2.35. The van der Waals surface area contributed by atoms with Gasteiger partial charge in [0.05, 0.1) is 19.8 Å². The molecule has 2 heterocycles. The van der Waals surface area contributed by atoms with Crippen LogP contribution in [0.25, 0.3) is 0 Å². The van der Waals surface area contributed by atoms with Gasteiger partial charge in [-0.15, -0.1) is 0 Å². The lowest BCUT2D eigenvalue weighted by Crippen LogP contribution is -2.28. The van der Waals surface area contributed by atoms with Crippen molar-refractivity contribution in [3.63, 3.8) is 0 Å². The molecule has 0 atom stereocenters. The van der Waals surface area contributed by atoms with Crippen molar-refractivity contribution in [2.45, 2.75) is 39.6 Å². The van der Waals surface area contributed by atoms with Crippen molar-refractivity contribution in [1.29, 1.82) is 0 Å². The van der Waals surface area contributed by atoms with Gasteiger partial charge in [0.1, 0.15) is 0 Å². The van der Waals surface area contributed by atoms with Gasteiger partial charge in [-0.2, -0.15) is 18.3 Å². The summed E-state index contributed by atoms with van der Waals surface area (Å²) in [4.78, 5) is 12.2. The van der Waals surface area contributed by atoms with Crippen LogP contribution in [0.15, 0.2) is 18.2 Å². The van der Waals surface area contributed by atoms with Gasteiger partial charge < -0.3 is 10.1 Å². The number of carbonyl (C=O) groups is 1. The third-order valence-electron chi connectivity index (χ3n) is 4.54. The van der Waals surface area contributed by atoms with E-state index in [0.717, 1.165) is 11.1 Å². The summed E-state index contributed by atoms with van der Waals surface area (Å²) in [5, 5.41) is 6.46. The van der Waals surface area contributed by atoms with Crippen molar-refractivity contribution in [2.24, 2.45) is 0 Å². The van der Waals surface area contributed by atoms with Crippen molar-refractivity contribution in [1.82, 2.24) is 15.1 Å². The van der Waals surface area contributed by atoms with E-state index in [4.69, 9.17) is 4.74 Å². The number of carbonyl (C=O) groups excluding carboxylic acids is 1. The zero-order valence-corrected chi connectivity index (χ0v) is 14.6. The van der Waals surface area contributed by atoms with Crippen LogP contribution in [0.5, 0.6) is 0 Å². The maximum Gasteiger partial charge on any atom is 0.435 e. The SMILES string of the molecule is Cc1ccc(C(=O)NCCn2nc(C(F)(F)F)c3c2CCOC3)cc1C. The van der Waals surface area contributed by atoms with E-state index in [2.05, 4.69) is 10.4 Å². The molecule has 3 rings (SSSR count). The van der Waals surface area contributed by atoms with Gasteiger partial charge in [0.15, 0.2) is 5.69 Å². The highest BCUT2D eigenvalue weighted by atomic mass is 19.4. The number of aromatic nitrogens is 2. The lowest BCUT2D eigenvalue weighted by atomic mass is 10.1. The summed E-state index contributed by atoms with van der Waals surface area (Å²) in [6, 6.07) is 5.38. The van der Waals surface area contributed by atoms with E-state index in [1.165, 1.54) is 4.68 Å². The average Bonchev–Trinajstić information content (AvgIpc) is 2.96. The number of amides is 1. The molecule has 0 spiro atoms. The maximum atomic E-state index is 13.1. The van der Waals surface area contributed by atoms with E-state index in [-0.39, 0.29) is 31.2 Å². The minimum Gasteiger partial charge on any atom is -0.376 e. The molecule has 140 valence electrons. The molecule has 1 aliphatic rings. The number of benzene rings is 1. The molecule has 2 aromatic rings. The van der Waals surface area contributed by atoms with E-state index >= 15 is 0 Å². The van der Waals surface area contributed by atoms with E-state index < -0.39 is 11.9 Å². The first-order valence-electron chi connectivity index (χ1n) is 8.36. The minimum atomic E-state index is -4.52. The zero-order chi connectivity index (χ0) is 18.9. The van der Waals surface area contributed by atoms with E-state index in [1.54, 1.807) is 12.1 Å². The molecule has 5 nitrogen and oxygen atoms in total. The van der Waals surface area contributed by atoms with Crippen LogP contribution in [0.1, 0.15) is 38.4 Å². The lowest BCUT2D eigenvalue weighted by Gasteiger charge is -2.15. The highest BCUT2D eigenvalue weighted by Crippen LogP contribution is 2.34. The van der Waals surface area contributed by atoms with E-state index in [9.17, 15) is 18.0 Å². The Morgan fingerprint density at radius 3 is 2.77 bits per heavy atom. The molecule has 0 fully saturated rings. The molecule has 0 bridgehead atoms. The van der Waals surface area contributed by atoms with Gasteiger partial charge in [-0.1, -0.05) is 6.07 Å². The molecule has 0 aliphatic carbocycles. The Bertz CT molecular complexity index is 828. The monoisotopic (exact) mass is 367 g/mol. The number of halogens is 3. The number of hydrogen-bond donors (Lipinski definition) is 1. The summed E-state index contributed by atoms with van der Waals surface area (Å²) in [5.41, 5.74) is 2.36. The summed E-state index contributed by atoms with van der Waals surface area (Å²) in [6.45, 7) is 4.53. The highest BCUT2D eigenvalue weighted by Gasteiger charge is 2.39. The average molecular weight is 367 g/mol. The minimum absolute atomic E-state index is 0.0841. The fraction of sp³-hybridized carbons (Fsp3) is 0.444. The van der Waals surface area contributed by atoms with Crippen LogP contribution < -0.4 is 5.32 Å². The highest BCUT2D eigenvalue weighted by molar-refractivity contribution is 5.94. The Balaban J connectivity index is 1.69. The zero-order valence-electron chi connectivity index (χ0n) is 14.6. The van der Waals surface area contributed by atoms with Gasteiger partial charge in [-0.05, 0) is 37.1 Å². The molecule has 1 aliphatic heterocycles. The number of ether oxygens (including phenoxy) is 1. The molecule has 0 unspecified atom stereocenters. The standard InChI is InChI=1S/C18H20F3N3O2/c1-11-3-4-13(9-12(11)2)17(25)22-6-7-24-15-5-8-26-10-14(15)16(23-24)18(19,20)21/h3-4,9H,5-8,10H2,1-2H3,(H,22,25). The largest absolute Gasteiger partial charge is 0.435 e. The maximum absolute atomic E-state index is 13.1. The fourth-order valence-corrected chi connectivity index (χ4v) is 2.98. The summed E-state index contributed by atoms with van der Waals surface area (Å²) in [7, 11) is 0. The molecule has 1 N–H and O–H groups in total. The second kappa shape index (κ2) is 7.11. The summed E-state index contributed by atoms with van der Waals surface area (Å²) >= 11 is 0. The Kier molecular flexibility index (Phi) is 5.04. The smallest absolute Gasteiger partial charge is 0.376 e. The topological polar surface area (TPSA) is 56.2 Å². The Morgan fingerprint density at radius 1 is 1.31 bits per heavy atom. The Morgan fingerprint density at radius 2 is 2.08 bits per heavy atom. The predicted octanol–water partition coefficient (Wildman–Crippen LogP) is 3.02. The van der Waals surface area contributed by atoms with Gasteiger partial charge in [0, 0.05) is 29.8 Å². The molecule has 1 amide bonds. The van der Waals surface area contributed by atoms with Crippen molar-refractivity contribution in [2.75, 3.05) is 13.2 Å². The van der Waals surface area contributed by atoms with Crippen LogP contribution in [0, 0.1) is 13.8 Å². The van der Waals surface area contributed by atoms with Gasteiger partial charge in [-0.3, -0.25) is 9.48 Å². The second-order valence-electron chi connectivity index (χ2n) is 6.35. The molecule has 0 radical (unpaired) electrons.